The molecule has 2 aromatic rings. The Morgan fingerprint density at radius 2 is 1.76 bits per heavy atom. The molecule has 2 aromatic carbocycles. The van der Waals surface area contributed by atoms with E-state index < -0.39 is 12.0 Å². The number of aliphatic imine (C=N–C) groups is 1. The van der Waals surface area contributed by atoms with Crippen molar-refractivity contribution in [2.75, 3.05) is 13.2 Å². The number of fused-ring (bicyclic) bond motifs is 1. The second kappa shape index (κ2) is 10.7. The Morgan fingerprint density at radius 3 is 2.41 bits per heavy atom. The lowest BCUT2D eigenvalue weighted by Crippen LogP contribution is -2.38. The third-order valence-electron chi connectivity index (χ3n) is 5.52. The first kappa shape index (κ1) is 23.8. The third kappa shape index (κ3) is 5.09. The molecule has 0 spiro atoms. The van der Waals surface area contributed by atoms with Crippen LogP contribution in [0.15, 0.2) is 82.3 Å². The zero-order chi connectivity index (χ0) is 24.1. The van der Waals surface area contributed by atoms with Crippen molar-refractivity contribution in [3.8, 4) is 0 Å². The smallest absolute Gasteiger partial charge is 0.338 e. The molecule has 0 bridgehead atoms. The molecule has 0 aromatic heterocycles. The second-order valence-corrected chi connectivity index (χ2v) is 9.36. The van der Waals surface area contributed by atoms with Crippen LogP contribution in [-0.2, 0) is 14.3 Å². The fourth-order valence-corrected chi connectivity index (χ4v) is 4.90. The van der Waals surface area contributed by atoms with Crippen molar-refractivity contribution in [2.45, 2.75) is 33.2 Å². The van der Waals surface area contributed by atoms with Crippen LogP contribution in [0, 0.1) is 5.92 Å². The van der Waals surface area contributed by atoms with E-state index in [1.807, 2.05) is 71.0 Å². The summed E-state index contributed by atoms with van der Waals surface area (Å²) in [6, 6.07) is 19.1. The molecule has 7 heteroatoms. The maximum Gasteiger partial charge on any atom is 0.338 e. The highest BCUT2D eigenvalue weighted by atomic mass is 32.2. The summed E-state index contributed by atoms with van der Waals surface area (Å²) < 4.78 is 5.52. The molecule has 0 saturated carbocycles. The molecule has 1 atom stereocenters. The predicted octanol–water partition coefficient (Wildman–Crippen LogP) is 5.12. The van der Waals surface area contributed by atoms with Gasteiger partial charge in [-0.1, -0.05) is 86.3 Å². The van der Waals surface area contributed by atoms with Crippen LogP contribution in [0.1, 0.15) is 44.4 Å². The molecule has 176 valence electrons. The lowest BCUT2D eigenvalue weighted by Gasteiger charge is -2.36. The van der Waals surface area contributed by atoms with Crippen molar-refractivity contribution in [3.63, 3.8) is 0 Å². The minimum Gasteiger partial charge on any atom is -0.463 e. The molecule has 0 unspecified atom stereocenters. The molecule has 2 aliphatic rings. The van der Waals surface area contributed by atoms with Gasteiger partial charge in [0, 0.05) is 17.8 Å². The molecule has 2 aliphatic heterocycles. The Kier molecular flexibility index (Phi) is 7.53. The highest BCUT2D eigenvalue weighted by molar-refractivity contribution is 8.16. The van der Waals surface area contributed by atoms with Gasteiger partial charge in [0.1, 0.15) is 0 Å². The van der Waals surface area contributed by atoms with Gasteiger partial charge >= 0.3 is 5.97 Å². The van der Waals surface area contributed by atoms with E-state index in [0.717, 1.165) is 22.0 Å². The van der Waals surface area contributed by atoms with Crippen molar-refractivity contribution in [1.82, 2.24) is 10.2 Å². The molecular formula is C27H29N3O3S. The number of esters is 1. The van der Waals surface area contributed by atoms with E-state index in [1.165, 1.54) is 11.8 Å². The minimum atomic E-state index is -0.456. The zero-order valence-corrected chi connectivity index (χ0v) is 20.5. The number of nitrogens with zero attached hydrogens (tertiary/aromatic N) is 2. The SMILES string of the molecule is CCOC(=O)C1=C(c2ccccc2)N=C2SC=C(CC(=O)NCC(C)C)N2[C@H]1c1ccccc1. The standard InChI is InChI=1S/C27H29N3O3S/c1-4-33-26(32)23-24(19-11-7-5-8-12-19)29-27-30(25(23)20-13-9-6-10-14-20)21(17-34-27)15-22(31)28-16-18(2)3/h5-14,17-18,25H,4,15-16H2,1-3H3,(H,28,31)/t25-/m0/s1. The first-order chi connectivity index (χ1) is 16.5. The van der Waals surface area contributed by atoms with Gasteiger partial charge in [-0.25, -0.2) is 9.79 Å². The van der Waals surface area contributed by atoms with Gasteiger partial charge < -0.3 is 15.0 Å². The van der Waals surface area contributed by atoms with Crippen molar-refractivity contribution in [3.05, 3.63) is 88.5 Å². The number of hydrogen-bond donors (Lipinski definition) is 1. The Morgan fingerprint density at radius 1 is 1.09 bits per heavy atom. The van der Waals surface area contributed by atoms with E-state index in [4.69, 9.17) is 9.73 Å². The summed E-state index contributed by atoms with van der Waals surface area (Å²) in [6.45, 7) is 6.80. The first-order valence-electron chi connectivity index (χ1n) is 11.5. The van der Waals surface area contributed by atoms with Gasteiger partial charge in [-0.3, -0.25) is 4.79 Å². The van der Waals surface area contributed by atoms with Gasteiger partial charge in [-0.2, -0.15) is 0 Å². The van der Waals surface area contributed by atoms with E-state index in [2.05, 4.69) is 19.2 Å². The van der Waals surface area contributed by atoms with Crippen molar-refractivity contribution in [1.29, 1.82) is 0 Å². The normalized spacial score (nSPS) is 17.3. The molecule has 0 saturated heterocycles. The number of amidine groups is 1. The molecule has 1 N–H and O–H groups in total. The molecular weight excluding hydrogens is 446 g/mol. The van der Waals surface area contributed by atoms with Crippen molar-refractivity contribution < 1.29 is 14.3 Å². The van der Waals surface area contributed by atoms with E-state index in [1.54, 1.807) is 6.92 Å². The molecule has 34 heavy (non-hydrogen) atoms. The average Bonchev–Trinajstić information content (AvgIpc) is 3.25. The first-order valence-corrected chi connectivity index (χ1v) is 12.4. The van der Waals surface area contributed by atoms with E-state index in [0.29, 0.717) is 23.7 Å². The van der Waals surface area contributed by atoms with Crippen LogP contribution in [0.5, 0.6) is 0 Å². The second-order valence-electron chi connectivity index (χ2n) is 8.53. The summed E-state index contributed by atoms with van der Waals surface area (Å²) in [7, 11) is 0. The highest BCUT2D eigenvalue weighted by Gasteiger charge is 2.42. The Hall–Kier alpha value is -3.32. The largest absolute Gasteiger partial charge is 0.463 e. The molecule has 0 aliphatic carbocycles. The van der Waals surface area contributed by atoms with E-state index in [9.17, 15) is 9.59 Å². The van der Waals surface area contributed by atoms with Crippen LogP contribution in [0.4, 0.5) is 0 Å². The number of benzene rings is 2. The van der Waals surface area contributed by atoms with Gasteiger partial charge in [0.15, 0.2) is 5.17 Å². The number of nitrogens with one attached hydrogen (secondary N) is 1. The number of hydrogen-bond acceptors (Lipinski definition) is 6. The van der Waals surface area contributed by atoms with Crippen LogP contribution in [0.3, 0.4) is 0 Å². The van der Waals surface area contributed by atoms with Gasteiger partial charge in [0.2, 0.25) is 5.91 Å². The lowest BCUT2D eigenvalue weighted by atomic mass is 9.91. The van der Waals surface area contributed by atoms with Crippen LogP contribution < -0.4 is 5.32 Å². The molecule has 4 rings (SSSR count). The van der Waals surface area contributed by atoms with Crippen LogP contribution in [-0.4, -0.2) is 35.1 Å². The number of amides is 1. The van der Waals surface area contributed by atoms with Crippen LogP contribution in [0.2, 0.25) is 0 Å². The minimum absolute atomic E-state index is 0.0517. The molecule has 2 heterocycles. The van der Waals surface area contributed by atoms with E-state index >= 15 is 0 Å². The van der Waals surface area contributed by atoms with Crippen LogP contribution >= 0.6 is 11.8 Å². The molecule has 1 amide bonds. The number of rotatable bonds is 8. The maximum absolute atomic E-state index is 13.4. The maximum atomic E-state index is 13.4. The zero-order valence-electron chi connectivity index (χ0n) is 19.7. The van der Waals surface area contributed by atoms with Gasteiger partial charge in [-0.15, -0.1) is 0 Å². The lowest BCUT2D eigenvalue weighted by molar-refractivity contribution is -0.139. The Balaban J connectivity index is 1.80. The quantitative estimate of drug-likeness (QED) is 0.537. The molecule has 0 fully saturated rings. The topological polar surface area (TPSA) is 71.0 Å². The summed E-state index contributed by atoms with van der Waals surface area (Å²) >= 11 is 1.47. The van der Waals surface area contributed by atoms with Crippen LogP contribution in [0.25, 0.3) is 5.70 Å². The van der Waals surface area contributed by atoms with Gasteiger partial charge in [0.25, 0.3) is 0 Å². The Labute approximate surface area is 204 Å². The number of ether oxygens (including phenoxy) is 1. The molecule has 0 radical (unpaired) electrons. The average molecular weight is 476 g/mol. The summed E-state index contributed by atoms with van der Waals surface area (Å²) in [5.41, 5.74) is 3.67. The molecule has 6 nitrogen and oxygen atoms in total. The summed E-state index contributed by atoms with van der Waals surface area (Å²) in [5, 5.41) is 5.69. The summed E-state index contributed by atoms with van der Waals surface area (Å²) in [4.78, 5) is 33.0. The number of carbonyl (C=O) groups is 2. The number of thioether (sulfide) groups is 1. The number of carbonyl (C=O) groups excluding carboxylic acids is 2. The monoisotopic (exact) mass is 475 g/mol. The highest BCUT2D eigenvalue weighted by Crippen LogP contribution is 2.46. The predicted molar refractivity (Wildman–Crippen MR) is 137 cm³/mol. The van der Waals surface area contributed by atoms with Gasteiger partial charge in [0.05, 0.1) is 30.3 Å². The fraction of sp³-hybridized carbons (Fsp3) is 0.296. The van der Waals surface area contributed by atoms with E-state index in [-0.39, 0.29) is 18.9 Å². The Bertz CT molecular complexity index is 1140. The fourth-order valence-electron chi connectivity index (χ4n) is 3.98. The summed E-state index contributed by atoms with van der Waals surface area (Å²) in [5.74, 6) is -0.0884. The third-order valence-corrected chi connectivity index (χ3v) is 6.41. The summed E-state index contributed by atoms with van der Waals surface area (Å²) in [6.07, 6.45) is 0.207. The van der Waals surface area contributed by atoms with Crippen molar-refractivity contribution in [2.24, 2.45) is 10.9 Å². The van der Waals surface area contributed by atoms with Gasteiger partial charge in [-0.05, 0) is 23.8 Å². The van der Waals surface area contributed by atoms with Crippen molar-refractivity contribution >= 4 is 34.5 Å².